The summed E-state index contributed by atoms with van der Waals surface area (Å²) in [5.74, 6) is -0.174. The molecule has 5 nitrogen and oxygen atoms in total. The zero-order valence-electron chi connectivity index (χ0n) is 15.7. The number of carbonyl (C=O) groups excluding carboxylic acids is 1. The third kappa shape index (κ3) is 5.08. The van der Waals surface area contributed by atoms with Crippen LogP contribution in [0.25, 0.3) is 0 Å². The molecule has 0 aromatic heterocycles. The van der Waals surface area contributed by atoms with E-state index >= 15 is 0 Å². The molecule has 2 rings (SSSR count). The van der Waals surface area contributed by atoms with Crippen LogP contribution in [0.2, 0.25) is 0 Å². The zero-order valence-corrected chi connectivity index (χ0v) is 16.5. The maximum atomic E-state index is 12.4. The van der Waals surface area contributed by atoms with Gasteiger partial charge in [0.2, 0.25) is 15.9 Å². The monoisotopic (exact) mass is 374 g/mol. The quantitative estimate of drug-likeness (QED) is 0.810. The van der Waals surface area contributed by atoms with Crippen LogP contribution in [-0.2, 0) is 14.8 Å². The minimum atomic E-state index is -3.57. The van der Waals surface area contributed by atoms with Crippen molar-refractivity contribution in [1.29, 1.82) is 0 Å². The number of aryl methyl sites for hydroxylation is 1. The number of sulfonamides is 1. The van der Waals surface area contributed by atoms with Crippen LogP contribution in [0.5, 0.6) is 0 Å². The summed E-state index contributed by atoms with van der Waals surface area (Å²) in [4.78, 5) is 12.4. The molecule has 26 heavy (non-hydrogen) atoms. The number of hydrogen-bond acceptors (Lipinski definition) is 3. The molecule has 0 spiro atoms. The number of rotatable bonds is 7. The van der Waals surface area contributed by atoms with Crippen molar-refractivity contribution in [2.24, 2.45) is 0 Å². The lowest BCUT2D eigenvalue weighted by molar-refractivity contribution is -0.119. The standard InChI is InChI=1S/C20H26N2O3S/c1-15-9-8-12-19(17(15)3)22(26(4,24)25)14-20(23)21-13-16(2)18-10-6-5-7-11-18/h5-12,16H,13-14H2,1-4H3,(H,21,23)/t16-/m1/s1. The summed E-state index contributed by atoms with van der Waals surface area (Å²) in [6.07, 6.45) is 1.12. The first kappa shape index (κ1) is 20.0. The molecular formula is C20H26N2O3S. The zero-order chi connectivity index (χ0) is 19.3. The molecule has 1 atom stereocenters. The van der Waals surface area contributed by atoms with E-state index in [-0.39, 0.29) is 18.4 Å². The molecule has 0 aliphatic heterocycles. The highest BCUT2D eigenvalue weighted by molar-refractivity contribution is 7.92. The second-order valence-corrected chi connectivity index (χ2v) is 8.51. The van der Waals surface area contributed by atoms with E-state index in [1.807, 2.05) is 57.2 Å². The Balaban J connectivity index is 2.09. The van der Waals surface area contributed by atoms with Gasteiger partial charge in [0, 0.05) is 6.54 Å². The summed E-state index contributed by atoms with van der Waals surface area (Å²) in [5.41, 5.74) is 3.50. The van der Waals surface area contributed by atoms with E-state index in [1.54, 1.807) is 12.1 Å². The number of carbonyl (C=O) groups is 1. The van der Waals surface area contributed by atoms with E-state index in [0.29, 0.717) is 12.2 Å². The maximum Gasteiger partial charge on any atom is 0.240 e. The Kier molecular flexibility index (Phi) is 6.42. The van der Waals surface area contributed by atoms with E-state index in [9.17, 15) is 13.2 Å². The van der Waals surface area contributed by atoms with Crippen LogP contribution in [0, 0.1) is 13.8 Å². The van der Waals surface area contributed by atoms with Crippen LogP contribution in [0.15, 0.2) is 48.5 Å². The van der Waals surface area contributed by atoms with Gasteiger partial charge in [0.05, 0.1) is 11.9 Å². The molecule has 0 unspecified atom stereocenters. The van der Waals surface area contributed by atoms with Gasteiger partial charge < -0.3 is 5.32 Å². The number of benzene rings is 2. The van der Waals surface area contributed by atoms with Gasteiger partial charge in [-0.3, -0.25) is 9.10 Å². The number of anilines is 1. The van der Waals surface area contributed by atoms with Gasteiger partial charge in [-0.1, -0.05) is 49.4 Å². The fraction of sp³-hybridized carbons (Fsp3) is 0.350. The molecule has 0 heterocycles. The Labute approximate surface area is 156 Å². The van der Waals surface area contributed by atoms with Gasteiger partial charge in [0.15, 0.2) is 0 Å². The van der Waals surface area contributed by atoms with Crippen molar-refractivity contribution >= 4 is 21.6 Å². The highest BCUT2D eigenvalue weighted by Crippen LogP contribution is 2.24. The van der Waals surface area contributed by atoms with E-state index in [0.717, 1.165) is 27.3 Å². The summed E-state index contributed by atoms with van der Waals surface area (Å²) < 4.78 is 25.6. The summed E-state index contributed by atoms with van der Waals surface area (Å²) in [5, 5.41) is 2.84. The molecule has 2 aromatic carbocycles. The normalized spacial score (nSPS) is 12.5. The smallest absolute Gasteiger partial charge is 0.240 e. The predicted octanol–water partition coefficient (Wildman–Crippen LogP) is 2.99. The van der Waals surface area contributed by atoms with Crippen molar-refractivity contribution in [3.05, 3.63) is 65.2 Å². The maximum absolute atomic E-state index is 12.4. The molecule has 2 aromatic rings. The molecule has 1 N–H and O–H groups in total. The molecule has 6 heteroatoms. The molecule has 0 saturated heterocycles. The van der Waals surface area contributed by atoms with Crippen molar-refractivity contribution in [2.75, 3.05) is 23.7 Å². The number of amides is 1. The second kappa shape index (κ2) is 8.36. The van der Waals surface area contributed by atoms with E-state index in [1.165, 1.54) is 0 Å². The Hall–Kier alpha value is -2.34. The van der Waals surface area contributed by atoms with Crippen LogP contribution in [0.1, 0.15) is 29.5 Å². The fourth-order valence-electron chi connectivity index (χ4n) is 2.74. The molecule has 0 aliphatic carbocycles. The molecule has 0 fully saturated rings. The van der Waals surface area contributed by atoms with E-state index < -0.39 is 10.0 Å². The van der Waals surface area contributed by atoms with Gasteiger partial charge in [-0.15, -0.1) is 0 Å². The van der Waals surface area contributed by atoms with Gasteiger partial charge in [-0.05, 0) is 42.5 Å². The second-order valence-electron chi connectivity index (χ2n) is 6.60. The topological polar surface area (TPSA) is 66.5 Å². The Morgan fingerprint density at radius 1 is 1.08 bits per heavy atom. The predicted molar refractivity (Wildman–Crippen MR) is 106 cm³/mol. The lowest BCUT2D eigenvalue weighted by Crippen LogP contribution is -2.41. The van der Waals surface area contributed by atoms with E-state index in [2.05, 4.69) is 5.32 Å². The van der Waals surface area contributed by atoms with Crippen molar-refractivity contribution in [3.63, 3.8) is 0 Å². The molecule has 140 valence electrons. The molecule has 0 bridgehead atoms. The SMILES string of the molecule is Cc1cccc(N(CC(=O)NC[C@@H](C)c2ccccc2)S(C)(=O)=O)c1C. The summed E-state index contributed by atoms with van der Waals surface area (Å²) in [6, 6.07) is 15.3. The minimum absolute atomic E-state index is 0.146. The lowest BCUT2D eigenvalue weighted by Gasteiger charge is -2.24. The number of hydrogen-bond donors (Lipinski definition) is 1. The molecule has 0 radical (unpaired) electrons. The van der Waals surface area contributed by atoms with Crippen LogP contribution in [0.4, 0.5) is 5.69 Å². The van der Waals surface area contributed by atoms with Gasteiger partial charge in [0.1, 0.15) is 6.54 Å². The first-order valence-corrected chi connectivity index (χ1v) is 10.4. The Morgan fingerprint density at radius 3 is 2.35 bits per heavy atom. The largest absolute Gasteiger partial charge is 0.354 e. The third-order valence-corrected chi connectivity index (χ3v) is 5.63. The van der Waals surface area contributed by atoms with Crippen molar-refractivity contribution in [3.8, 4) is 0 Å². The van der Waals surface area contributed by atoms with E-state index in [4.69, 9.17) is 0 Å². The van der Waals surface area contributed by atoms with Crippen molar-refractivity contribution < 1.29 is 13.2 Å². The molecule has 1 amide bonds. The summed E-state index contributed by atoms with van der Waals surface area (Å²) in [6.45, 7) is 6.02. The third-order valence-electron chi connectivity index (χ3n) is 4.51. The highest BCUT2D eigenvalue weighted by Gasteiger charge is 2.23. The minimum Gasteiger partial charge on any atom is -0.354 e. The van der Waals surface area contributed by atoms with Crippen LogP contribution < -0.4 is 9.62 Å². The van der Waals surface area contributed by atoms with Crippen LogP contribution >= 0.6 is 0 Å². The van der Waals surface area contributed by atoms with Crippen molar-refractivity contribution in [1.82, 2.24) is 5.32 Å². The Morgan fingerprint density at radius 2 is 1.73 bits per heavy atom. The van der Waals surface area contributed by atoms with Crippen LogP contribution in [0.3, 0.4) is 0 Å². The first-order valence-electron chi connectivity index (χ1n) is 8.55. The molecule has 0 saturated carbocycles. The number of nitrogens with one attached hydrogen (secondary N) is 1. The van der Waals surface area contributed by atoms with Crippen LogP contribution in [-0.4, -0.2) is 33.7 Å². The molecular weight excluding hydrogens is 348 g/mol. The summed E-state index contributed by atoms with van der Waals surface area (Å²) in [7, 11) is -3.57. The fourth-order valence-corrected chi connectivity index (χ4v) is 3.65. The van der Waals surface area contributed by atoms with Gasteiger partial charge in [0.25, 0.3) is 0 Å². The summed E-state index contributed by atoms with van der Waals surface area (Å²) >= 11 is 0. The van der Waals surface area contributed by atoms with Gasteiger partial charge >= 0.3 is 0 Å². The van der Waals surface area contributed by atoms with Gasteiger partial charge in [-0.25, -0.2) is 8.42 Å². The average molecular weight is 375 g/mol. The van der Waals surface area contributed by atoms with Gasteiger partial charge in [-0.2, -0.15) is 0 Å². The average Bonchev–Trinajstić information content (AvgIpc) is 2.60. The highest BCUT2D eigenvalue weighted by atomic mass is 32.2. The lowest BCUT2D eigenvalue weighted by atomic mass is 10.0. The molecule has 0 aliphatic rings. The first-order chi connectivity index (χ1) is 12.2. The Bertz CT molecular complexity index is 864. The van der Waals surface area contributed by atoms with Crippen molar-refractivity contribution in [2.45, 2.75) is 26.7 Å². The number of nitrogens with zero attached hydrogens (tertiary/aromatic N) is 1.